The number of benzene rings is 1. The van der Waals surface area contributed by atoms with Crippen LogP contribution in [-0.4, -0.2) is 40.3 Å². The lowest BCUT2D eigenvalue weighted by Crippen LogP contribution is -2.50. The summed E-state index contributed by atoms with van der Waals surface area (Å²) in [5.74, 6) is -1.86. The number of aliphatic carboxylic acids is 1. The van der Waals surface area contributed by atoms with Crippen LogP contribution < -0.4 is 5.32 Å². The number of carboxylic acid groups (broad SMARTS) is 1. The minimum atomic E-state index is -1.34. The van der Waals surface area contributed by atoms with E-state index >= 15 is 0 Å². The number of aliphatic hydroxyl groups excluding tert-OH is 1. The molecule has 1 unspecified atom stereocenters. The molecule has 6 nitrogen and oxygen atoms in total. The lowest BCUT2D eigenvalue weighted by Gasteiger charge is -2.20. The molecule has 0 aromatic heterocycles. The number of carboxylic acids is 1. The van der Waals surface area contributed by atoms with Gasteiger partial charge in [0.1, 0.15) is 6.10 Å². The van der Waals surface area contributed by atoms with Crippen molar-refractivity contribution >= 4 is 11.9 Å². The average molecular weight is 281 g/mol. The highest BCUT2D eigenvalue weighted by atomic mass is 16.5. The molecule has 0 aliphatic heterocycles. The van der Waals surface area contributed by atoms with Crippen molar-refractivity contribution in [3.63, 3.8) is 0 Å². The highest BCUT2D eigenvalue weighted by Gasteiger charge is 2.27. The van der Waals surface area contributed by atoms with Crippen molar-refractivity contribution in [2.24, 2.45) is 0 Å². The van der Waals surface area contributed by atoms with Crippen molar-refractivity contribution in [2.75, 3.05) is 0 Å². The first kappa shape index (κ1) is 16.1. The molecule has 0 aliphatic carbocycles. The van der Waals surface area contributed by atoms with Crippen LogP contribution in [0.15, 0.2) is 30.3 Å². The number of hydrogen-bond donors (Lipinski definition) is 3. The van der Waals surface area contributed by atoms with Crippen LogP contribution in [0.5, 0.6) is 0 Å². The first-order chi connectivity index (χ1) is 9.41. The van der Waals surface area contributed by atoms with E-state index in [9.17, 15) is 14.7 Å². The monoisotopic (exact) mass is 281 g/mol. The van der Waals surface area contributed by atoms with Gasteiger partial charge in [-0.15, -0.1) is 0 Å². The van der Waals surface area contributed by atoms with Crippen LogP contribution in [0.1, 0.15) is 19.4 Å². The van der Waals surface area contributed by atoms with E-state index in [0.717, 1.165) is 5.56 Å². The minimum Gasteiger partial charge on any atom is -0.480 e. The Hall–Kier alpha value is -1.92. The molecule has 1 aromatic rings. The zero-order valence-electron chi connectivity index (χ0n) is 11.4. The lowest BCUT2D eigenvalue weighted by molar-refractivity contribution is -0.147. The first-order valence-electron chi connectivity index (χ1n) is 6.28. The zero-order valence-corrected chi connectivity index (χ0v) is 11.4. The molecular formula is C14H19NO5. The summed E-state index contributed by atoms with van der Waals surface area (Å²) in [5.41, 5.74) is 0.914. The van der Waals surface area contributed by atoms with Crippen molar-refractivity contribution in [1.82, 2.24) is 5.32 Å². The lowest BCUT2D eigenvalue weighted by atomic mass is 10.2. The molecule has 1 aromatic carbocycles. The Labute approximate surface area is 117 Å². The van der Waals surface area contributed by atoms with Crippen LogP contribution in [0.2, 0.25) is 0 Å². The molecule has 0 spiro atoms. The van der Waals surface area contributed by atoms with Gasteiger partial charge in [0.05, 0.1) is 12.7 Å². The second-order valence-electron chi connectivity index (χ2n) is 4.50. The highest BCUT2D eigenvalue weighted by Crippen LogP contribution is 2.04. The van der Waals surface area contributed by atoms with Gasteiger partial charge in [0, 0.05) is 0 Å². The summed E-state index contributed by atoms with van der Waals surface area (Å²) < 4.78 is 5.36. The normalized spacial score (nSPS) is 15.2. The third-order valence-electron chi connectivity index (χ3n) is 2.76. The molecule has 0 bridgehead atoms. The number of amides is 1. The number of rotatable bonds is 7. The molecular weight excluding hydrogens is 262 g/mol. The maximum Gasteiger partial charge on any atom is 0.328 e. The van der Waals surface area contributed by atoms with Gasteiger partial charge in [-0.2, -0.15) is 0 Å². The van der Waals surface area contributed by atoms with Crippen molar-refractivity contribution in [3.05, 3.63) is 35.9 Å². The van der Waals surface area contributed by atoms with E-state index in [1.165, 1.54) is 13.8 Å². The second-order valence-corrected chi connectivity index (χ2v) is 4.50. The third-order valence-corrected chi connectivity index (χ3v) is 2.76. The topological polar surface area (TPSA) is 95.9 Å². The standard InChI is InChI=1S/C14H19NO5/c1-9(16)12(14(18)19)15-13(17)10(2)20-8-11-6-4-3-5-7-11/h3-7,9-10,12,16H,8H2,1-2H3,(H,15,17)(H,18,19)/t9-,10?,12+/m1/s1. The van der Waals surface area contributed by atoms with Gasteiger partial charge in [0.2, 0.25) is 5.91 Å². The summed E-state index contributed by atoms with van der Waals surface area (Å²) in [7, 11) is 0. The van der Waals surface area contributed by atoms with Crippen molar-refractivity contribution in [1.29, 1.82) is 0 Å². The Kier molecular flexibility index (Phi) is 6.14. The number of carbonyl (C=O) groups excluding carboxylic acids is 1. The van der Waals surface area contributed by atoms with E-state index in [4.69, 9.17) is 9.84 Å². The molecule has 1 rings (SSSR count). The summed E-state index contributed by atoms with van der Waals surface area (Å²) in [6, 6.07) is 7.97. The van der Waals surface area contributed by atoms with Gasteiger partial charge in [0.25, 0.3) is 0 Å². The Morgan fingerprint density at radius 3 is 2.35 bits per heavy atom. The third kappa shape index (κ3) is 4.99. The Bertz CT molecular complexity index is 446. The van der Waals surface area contributed by atoms with Crippen molar-refractivity contribution < 1.29 is 24.5 Å². The van der Waals surface area contributed by atoms with Crippen LogP contribution >= 0.6 is 0 Å². The minimum absolute atomic E-state index is 0.252. The van der Waals surface area contributed by atoms with Crippen molar-refractivity contribution in [3.8, 4) is 0 Å². The Morgan fingerprint density at radius 1 is 1.25 bits per heavy atom. The van der Waals surface area contributed by atoms with E-state index in [0.29, 0.717) is 0 Å². The quantitative estimate of drug-likeness (QED) is 0.678. The van der Waals surface area contributed by atoms with Gasteiger partial charge in [-0.05, 0) is 19.4 Å². The molecule has 0 fully saturated rings. The van der Waals surface area contributed by atoms with Crippen LogP contribution in [0, 0.1) is 0 Å². The van der Waals surface area contributed by atoms with E-state index in [-0.39, 0.29) is 6.61 Å². The number of aliphatic hydroxyl groups is 1. The van der Waals surface area contributed by atoms with E-state index in [1.807, 2.05) is 30.3 Å². The van der Waals surface area contributed by atoms with Gasteiger partial charge in [-0.3, -0.25) is 4.79 Å². The molecule has 6 heteroatoms. The fraction of sp³-hybridized carbons (Fsp3) is 0.429. The predicted molar refractivity (Wildman–Crippen MR) is 71.9 cm³/mol. The highest BCUT2D eigenvalue weighted by molar-refractivity contribution is 5.86. The van der Waals surface area contributed by atoms with Gasteiger partial charge >= 0.3 is 5.97 Å². The summed E-state index contributed by atoms with van der Waals surface area (Å²) >= 11 is 0. The average Bonchev–Trinajstić information content (AvgIpc) is 2.42. The zero-order chi connectivity index (χ0) is 15.1. The number of ether oxygens (including phenoxy) is 1. The summed E-state index contributed by atoms with van der Waals surface area (Å²) in [6.07, 6.45) is -1.99. The Balaban J connectivity index is 2.48. The van der Waals surface area contributed by atoms with Crippen LogP contribution in [0.3, 0.4) is 0 Å². The molecule has 0 radical (unpaired) electrons. The van der Waals surface area contributed by atoms with Crippen molar-refractivity contribution in [2.45, 2.75) is 38.7 Å². The molecule has 20 heavy (non-hydrogen) atoms. The van der Waals surface area contributed by atoms with E-state index < -0.39 is 30.1 Å². The van der Waals surface area contributed by atoms with Gasteiger partial charge < -0.3 is 20.3 Å². The summed E-state index contributed by atoms with van der Waals surface area (Å²) in [4.78, 5) is 22.6. The van der Waals surface area contributed by atoms with Gasteiger partial charge in [-0.1, -0.05) is 30.3 Å². The van der Waals surface area contributed by atoms with Crippen LogP contribution in [0.25, 0.3) is 0 Å². The molecule has 3 N–H and O–H groups in total. The molecule has 0 heterocycles. The van der Waals surface area contributed by atoms with Crippen LogP contribution in [-0.2, 0) is 20.9 Å². The fourth-order valence-corrected chi connectivity index (χ4v) is 1.53. The predicted octanol–water partition coefficient (Wildman–Crippen LogP) is 0.542. The SMILES string of the molecule is CC(OCc1ccccc1)C(=O)N[C@H](C(=O)O)[C@@H](C)O. The fourth-order valence-electron chi connectivity index (χ4n) is 1.53. The summed E-state index contributed by atoms with van der Waals surface area (Å²) in [6.45, 7) is 3.08. The molecule has 0 saturated carbocycles. The number of hydrogen-bond acceptors (Lipinski definition) is 4. The molecule has 3 atom stereocenters. The second kappa shape index (κ2) is 7.62. The van der Waals surface area contributed by atoms with Gasteiger partial charge in [-0.25, -0.2) is 4.79 Å². The first-order valence-corrected chi connectivity index (χ1v) is 6.28. The van der Waals surface area contributed by atoms with E-state index in [1.54, 1.807) is 0 Å². The maximum atomic E-state index is 11.8. The smallest absolute Gasteiger partial charge is 0.328 e. The van der Waals surface area contributed by atoms with Crippen LogP contribution in [0.4, 0.5) is 0 Å². The maximum absolute atomic E-state index is 11.8. The largest absolute Gasteiger partial charge is 0.480 e. The van der Waals surface area contributed by atoms with E-state index in [2.05, 4.69) is 5.32 Å². The Morgan fingerprint density at radius 2 is 1.85 bits per heavy atom. The molecule has 0 aliphatic rings. The summed E-state index contributed by atoms with van der Waals surface area (Å²) in [5, 5.41) is 20.4. The molecule has 0 saturated heterocycles. The number of nitrogens with one attached hydrogen (secondary N) is 1. The molecule has 110 valence electrons. The number of carbonyl (C=O) groups is 2. The van der Waals surface area contributed by atoms with Gasteiger partial charge in [0.15, 0.2) is 6.04 Å². The molecule has 1 amide bonds.